The van der Waals surface area contributed by atoms with E-state index in [1.807, 2.05) is 54.6 Å². The first kappa shape index (κ1) is 16.3. The standard InChI is InChI=1S/C18H17BrO3/c1-13(2)18(20)21-12-17(14-6-4-3-5-7-14)22-16-10-8-15(19)9-11-16/h3-11,17H,1,12H2,2H3. The molecule has 0 aliphatic rings. The first-order chi connectivity index (χ1) is 10.6. The van der Waals surface area contributed by atoms with Gasteiger partial charge in [-0.2, -0.15) is 0 Å². The Morgan fingerprint density at radius 1 is 1.14 bits per heavy atom. The number of carbonyl (C=O) groups excluding carboxylic acids is 1. The van der Waals surface area contributed by atoms with E-state index >= 15 is 0 Å². The lowest BCUT2D eigenvalue weighted by molar-refractivity contribution is -0.141. The maximum atomic E-state index is 11.6. The predicted molar refractivity (Wildman–Crippen MR) is 89.7 cm³/mol. The smallest absolute Gasteiger partial charge is 0.333 e. The van der Waals surface area contributed by atoms with E-state index in [2.05, 4.69) is 22.5 Å². The molecule has 0 bridgehead atoms. The molecule has 0 aliphatic carbocycles. The summed E-state index contributed by atoms with van der Waals surface area (Å²) in [6.45, 7) is 5.33. The maximum Gasteiger partial charge on any atom is 0.333 e. The summed E-state index contributed by atoms with van der Waals surface area (Å²) in [5.74, 6) is 0.295. The lowest BCUT2D eigenvalue weighted by atomic mass is 10.1. The highest BCUT2D eigenvalue weighted by molar-refractivity contribution is 9.10. The van der Waals surface area contributed by atoms with Crippen molar-refractivity contribution in [2.24, 2.45) is 0 Å². The number of halogens is 1. The van der Waals surface area contributed by atoms with Crippen LogP contribution in [0.1, 0.15) is 18.6 Å². The van der Waals surface area contributed by atoms with Crippen LogP contribution in [0.25, 0.3) is 0 Å². The summed E-state index contributed by atoms with van der Waals surface area (Å²) < 4.78 is 12.2. The van der Waals surface area contributed by atoms with E-state index in [9.17, 15) is 4.79 Å². The van der Waals surface area contributed by atoms with E-state index in [0.29, 0.717) is 11.3 Å². The minimum absolute atomic E-state index is 0.131. The molecule has 0 aromatic heterocycles. The second-order valence-electron chi connectivity index (χ2n) is 4.85. The molecule has 0 heterocycles. The van der Waals surface area contributed by atoms with Crippen LogP contribution in [0.5, 0.6) is 5.75 Å². The number of benzene rings is 2. The van der Waals surface area contributed by atoms with Gasteiger partial charge < -0.3 is 9.47 Å². The van der Waals surface area contributed by atoms with E-state index in [1.165, 1.54) is 0 Å². The number of hydrogen-bond acceptors (Lipinski definition) is 3. The van der Waals surface area contributed by atoms with Crippen molar-refractivity contribution in [1.29, 1.82) is 0 Å². The number of esters is 1. The summed E-state index contributed by atoms with van der Waals surface area (Å²) in [4.78, 5) is 11.6. The molecule has 2 aromatic carbocycles. The fourth-order valence-electron chi connectivity index (χ4n) is 1.82. The molecule has 0 spiro atoms. The molecular formula is C18H17BrO3. The van der Waals surface area contributed by atoms with Crippen LogP contribution in [0, 0.1) is 0 Å². The van der Waals surface area contributed by atoms with Gasteiger partial charge in [-0.15, -0.1) is 0 Å². The fourth-order valence-corrected chi connectivity index (χ4v) is 2.08. The van der Waals surface area contributed by atoms with E-state index in [-0.39, 0.29) is 12.7 Å². The minimum Gasteiger partial charge on any atom is -0.482 e. The van der Waals surface area contributed by atoms with Gasteiger partial charge in [0, 0.05) is 10.0 Å². The molecule has 0 amide bonds. The Morgan fingerprint density at radius 2 is 1.77 bits per heavy atom. The third kappa shape index (κ3) is 4.74. The Balaban J connectivity index is 2.13. The Hall–Kier alpha value is -2.07. The summed E-state index contributed by atoms with van der Waals surface area (Å²) in [5, 5.41) is 0. The van der Waals surface area contributed by atoms with Gasteiger partial charge in [-0.3, -0.25) is 0 Å². The summed E-state index contributed by atoms with van der Waals surface area (Å²) in [6.07, 6.45) is -0.370. The molecule has 0 N–H and O–H groups in total. The van der Waals surface area contributed by atoms with Crippen molar-refractivity contribution in [1.82, 2.24) is 0 Å². The largest absolute Gasteiger partial charge is 0.482 e. The van der Waals surface area contributed by atoms with Crippen LogP contribution in [-0.2, 0) is 9.53 Å². The van der Waals surface area contributed by atoms with Crippen LogP contribution >= 0.6 is 15.9 Å². The van der Waals surface area contributed by atoms with Crippen molar-refractivity contribution in [3.63, 3.8) is 0 Å². The van der Waals surface area contributed by atoms with Gasteiger partial charge >= 0.3 is 5.97 Å². The van der Waals surface area contributed by atoms with Crippen LogP contribution in [0.3, 0.4) is 0 Å². The zero-order chi connectivity index (χ0) is 15.9. The van der Waals surface area contributed by atoms with Crippen LogP contribution in [-0.4, -0.2) is 12.6 Å². The van der Waals surface area contributed by atoms with Gasteiger partial charge in [0.2, 0.25) is 0 Å². The van der Waals surface area contributed by atoms with Gasteiger partial charge in [-0.25, -0.2) is 4.79 Å². The number of carbonyl (C=O) groups is 1. The fraction of sp³-hybridized carbons (Fsp3) is 0.167. The van der Waals surface area contributed by atoms with Gasteiger partial charge in [0.1, 0.15) is 12.4 Å². The van der Waals surface area contributed by atoms with E-state index in [4.69, 9.17) is 9.47 Å². The number of ether oxygens (including phenoxy) is 2. The average Bonchev–Trinajstić information content (AvgIpc) is 2.53. The van der Waals surface area contributed by atoms with Crippen molar-refractivity contribution in [3.8, 4) is 5.75 Å². The van der Waals surface area contributed by atoms with E-state index in [1.54, 1.807) is 6.92 Å². The summed E-state index contributed by atoms with van der Waals surface area (Å²) in [5.41, 5.74) is 1.32. The molecule has 0 saturated heterocycles. The van der Waals surface area contributed by atoms with Crippen LogP contribution in [0.2, 0.25) is 0 Å². The van der Waals surface area contributed by atoms with Crippen molar-refractivity contribution in [3.05, 3.63) is 76.8 Å². The van der Waals surface area contributed by atoms with Crippen molar-refractivity contribution < 1.29 is 14.3 Å². The summed E-state index contributed by atoms with van der Waals surface area (Å²) in [6, 6.07) is 17.2. The minimum atomic E-state index is -0.416. The van der Waals surface area contributed by atoms with Crippen LogP contribution < -0.4 is 4.74 Å². The highest BCUT2D eigenvalue weighted by Gasteiger charge is 2.16. The van der Waals surface area contributed by atoms with Crippen molar-refractivity contribution in [2.45, 2.75) is 13.0 Å². The number of rotatable bonds is 6. The Morgan fingerprint density at radius 3 is 2.36 bits per heavy atom. The Labute approximate surface area is 138 Å². The molecule has 3 nitrogen and oxygen atoms in total. The quantitative estimate of drug-likeness (QED) is 0.553. The zero-order valence-electron chi connectivity index (χ0n) is 12.3. The summed E-state index contributed by atoms with van der Waals surface area (Å²) in [7, 11) is 0. The molecule has 4 heteroatoms. The third-order valence-electron chi connectivity index (χ3n) is 2.98. The van der Waals surface area contributed by atoms with Gasteiger partial charge in [0.25, 0.3) is 0 Å². The van der Waals surface area contributed by atoms with Crippen molar-refractivity contribution >= 4 is 21.9 Å². The second-order valence-corrected chi connectivity index (χ2v) is 5.77. The van der Waals surface area contributed by atoms with Crippen LogP contribution in [0.4, 0.5) is 0 Å². The van der Waals surface area contributed by atoms with Gasteiger partial charge in [-0.05, 0) is 36.8 Å². The molecule has 1 atom stereocenters. The van der Waals surface area contributed by atoms with E-state index < -0.39 is 5.97 Å². The summed E-state index contributed by atoms with van der Waals surface area (Å²) >= 11 is 3.39. The lowest BCUT2D eigenvalue weighted by Gasteiger charge is -2.19. The van der Waals surface area contributed by atoms with Crippen molar-refractivity contribution in [2.75, 3.05) is 6.61 Å². The lowest BCUT2D eigenvalue weighted by Crippen LogP contribution is -2.18. The molecule has 2 rings (SSSR count). The SMILES string of the molecule is C=C(C)C(=O)OCC(Oc1ccc(Br)cc1)c1ccccc1. The van der Waals surface area contributed by atoms with Gasteiger partial charge in [-0.1, -0.05) is 52.8 Å². The van der Waals surface area contributed by atoms with E-state index in [0.717, 1.165) is 10.0 Å². The predicted octanol–water partition coefficient (Wildman–Crippen LogP) is 4.69. The average molecular weight is 361 g/mol. The second kappa shape index (κ2) is 7.80. The highest BCUT2D eigenvalue weighted by Crippen LogP contribution is 2.24. The van der Waals surface area contributed by atoms with Gasteiger partial charge in [0.05, 0.1) is 0 Å². The number of hydrogen-bond donors (Lipinski definition) is 0. The molecule has 22 heavy (non-hydrogen) atoms. The third-order valence-corrected chi connectivity index (χ3v) is 3.51. The van der Waals surface area contributed by atoms with Gasteiger partial charge in [0.15, 0.2) is 6.10 Å². The van der Waals surface area contributed by atoms with Crippen LogP contribution in [0.15, 0.2) is 71.2 Å². The normalized spacial score (nSPS) is 11.5. The topological polar surface area (TPSA) is 35.5 Å². The highest BCUT2D eigenvalue weighted by atomic mass is 79.9. The molecule has 0 saturated carbocycles. The molecule has 1 unspecified atom stereocenters. The molecule has 0 aliphatic heterocycles. The molecule has 114 valence electrons. The Bertz CT molecular complexity index is 635. The molecular weight excluding hydrogens is 344 g/mol. The molecule has 2 aromatic rings. The maximum absolute atomic E-state index is 11.6. The molecule has 0 radical (unpaired) electrons. The first-order valence-corrected chi connectivity index (χ1v) is 7.65. The monoisotopic (exact) mass is 360 g/mol. The first-order valence-electron chi connectivity index (χ1n) is 6.86. The Kier molecular flexibility index (Phi) is 5.78. The molecule has 0 fully saturated rings. The zero-order valence-corrected chi connectivity index (χ0v) is 13.9.